The number of rotatable bonds is 5. The van der Waals surface area contributed by atoms with Crippen LogP contribution in [0.25, 0.3) is 0 Å². The van der Waals surface area contributed by atoms with Crippen LogP contribution in [-0.2, 0) is 9.59 Å². The second kappa shape index (κ2) is 5.58. The Kier molecular flexibility index (Phi) is 4.37. The smallest absolute Gasteiger partial charge is 0.303 e. The fourth-order valence-electron chi connectivity index (χ4n) is 1.69. The first-order chi connectivity index (χ1) is 8.32. The average molecular weight is 248 g/mol. The molecule has 4 heteroatoms. The van der Waals surface area contributed by atoms with E-state index in [-0.39, 0.29) is 12.8 Å². The number of carbonyl (C=O) groups is 3. The molecule has 1 rings (SSSR count). The molecule has 0 bridgehead atoms. The van der Waals surface area contributed by atoms with Gasteiger partial charge in [0.15, 0.2) is 0 Å². The molecule has 0 aromatic heterocycles. The lowest BCUT2D eigenvalue weighted by Crippen LogP contribution is -2.17. The van der Waals surface area contributed by atoms with Crippen LogP contribution in [0.3, 0.4) is 0 Å². The minimum Gasteiger partial charge on any atom is -0.481 e. The number of carboxylic acid groups (broad SMARTS) is 1. The minimum absolute atomic E-state index is 0.249. The zero-order chi connectivity index (χ0) is 13.9. The van der Waals surface area contributed by atoms with Crippen molar-refractivity contribution in [2.24, 2.45) is 0 Å². The van der Waals surface area contributed by atoms with Gasteiger partial charge in [0.1, 0.15) is 0 Å². The first-order valence-corrected chi connectivity index (χ1v) is 5.70. The van der Waals surface area contributed by atoms with E-state index in [9.17, 15) is 14.4 Å². The van der Waals surface area contributed by atoms with Gasteiger partial charge in [-0.15, -0.1) is 0 Å². The third-order valence-electron chi connectivity index (χ3n) is 2.90. The van der Waals surface area contributed by atoms with E-state index in [2.05, 4.69) is 0 Å². The molecule has 0 fully saturated rings. The second-order valence-electron chi connectivity index (χ2n) is 4.40. The Balaban J connectivity index is 2.94. The lowest BCUT2D eigenvalue weighted by molar-refractivity contribution is -0.138. The summed E-state index contributed by atoms with van der Waals surface area (Å²) >= 11 is 0. The van der Waals surface area contributed by atoms with Gasteiger partial charge >= 0.3 is 5.97 Å². The number of benzene rings is 1. The van der Waals surface area contributed by atoms with Crippen molar-refractivity contribution in [3.63, 3.8) is 0 Å². The van der Waals surface area contributed by atoms with E-state index in [0.717, 1.165) is 16.7 Å². The van der Waals surface area contributed by atoms with Crippen molar-refractivity contribution in [1.29, 1.82) is 0 Å². The van der Waals surface area contributed by atoms with Crippen molar-refractivity contribution in [2.45, 2.75) is 33.6 Å². The predicted molar refractivity (Wildman–Crippen MR) is 66.9 cm³/mol. The Labute approximate surface area is 106 Å². The van der Waals surface area contributed by atoms with Crippen molar-refractivity contribution < 1.29 is 19.5 Å². The molecule has 4 nitrogen and oxygen atoms in total. The van der Waals surface area contributed by atoms with Crippen LogP contribution in [-0.4, -0.2) is 22.6 Å². The molecule has 0 saturated carbocycles. The van der Waals surface area contributed by atoms with Crippen LogP contribution in [0.4, 0.5) is 0 Å². The first kappa shape index (κ1) is 14.1. The molecule has 0 aliphatic heterocycles. The van der Waals surface area contributed by atoms with Gasteiger partial charge in [-0.05, 0) is 43.5 Å². The van der Waals surface area contributed by atoms with E-state index in [0.29, 0.717) is 5.56 Å². The van der Waals surface area contributed by atoms with Crippen LogP contribution in [0.5, 0.6) is 0 Å². The number of carbonyl (C=O) groups excluding carboxylic acids is 2. The summed E-state index contributed by atoms with van der Waals surface area (Å²) in [6, 6.07) is 3.54. The summed E-state index contributed by atoms with van der Waals surface area (Å²) in [6.07, 6.45) is -0.561. The summed E-state index contributed by atoms with van der Waals surface area (Å²) in [6.45, 7) is 5.57. The number of hydrogen-bond donors (Lipinski definition) is 1. The Morgan fingerprint density at radius 1 is 0.944 bits per heavy atom. The van der Waals surface area contributed by atoms with Gasteiger partial charge in [0.2, 0.25) is 11.6 Å². The van der Waals surface area contributed by atoms with Crippen LogP contribution in [0.1, 0.15) is 39.9 Å². The van der Waals surface area contributed by atoms with Gasteiger partial charge in [0.05, 0.1) is 6.42 Å². The average Bonchev–Trinajstić information content (AvgIpc) is 2.29. The van der Waals surface area contributed by atoms with Crippen molar-refractivity contribution in [3.8, 4) is 0 Å². The highest BCUT2D eigenvalue weighted by Crippen LogP contribution is 2.16. The van der Waals surface area contributed by atoms with Crippen molar-refractivity contribution in [1.82, 2.24) is 0 Å². The number of Topliss-reactive ketones (excluding diaryl/α,β-unsaturated/α-hetero) is 2. The summed E-state index contributed by atoms with van der Waals surface area (Å²) < 4.78 is 0. The Hall–Kier alpha value is -1.97. The van der Waals surface area contributed by atoms with Gasteiger partial charge in [0.25, 0.3) is 0 Å². The Morgan fingerprint density at radius 2 is 1.50 bits per heavy atom. The Morgan fingerprint density at radius 3 is 2.06 bits per heavy atom. The van der Waals surface area contributed by atoms with E-state index < -0.39 is 17.5 Å². The number of carboxylic acids is 1. The molecule has 0 radical (unpaired) electrons. The summed E-state index contributed by atoms with van der Waals surface area (Å²) in [7, 11) is 0. The zero-order valence-electron chi connectivity index (χ0n) is 10.7. The summed E-state index contributed by atoms with van der Waals surface area (Å²) in [5, 5.41) is 8.49. The van der Waals surface area contributed by atoms with E-state index in [1.807, 2.05) is 19.9 Å². The summed E-state index contributed by atoms with van der Waals surface area (Å²) in [5.41, 5.74) is 3.11. The molecule has 0 saturated heterocycles. The first-order valence-electron chi connectivity index (χ1n) is 5.70. The van der Waals surface area contributed by atoms with Crippen molar-refractivity contribution in [3.05, 3.63) is 34.4 Å². The molecule has 0 amide bonds. The molecule has 18 heavy (non-hydrogen) atoms. The lowest BCUT2D eigenvalue weighted by Gasteiger charge is -2.08. The van der Waals surface area contributed by atoms with Gasteiger partial charge in [-0.25, -0.2) is 0 Å². The number of aliphatic carboxylic acids is 1. The lowest BCUT2D eigenvalue weighted by atomic mass is 9.95. The maximum atomic E-state index is 11.9. The molecule has 0 atom stereocenters. The zero-order valence-corrected chi connectivity index (χ0v) is 10.7. The van der Waals surface area contributed by atoms with Crippen LogP contribution < -0.4 is 0 Å². The van der Waals surface area contributed by atoms with E-state index in [1.54, 1.807) is 13.0 Å². The molecule has 0 unspecified atom stereocenters. The number of hydrogen-bond acceptors (Lipinski definition) is 3. The summed E-state index contributed by atoms with van der Waals surface area (Å²) in [4.78, 5) is 33.8. The van der Waals surface area contributed by atoms with Crippen molar-refractivity contribution >= 4 is 17.5 Å². The Bertz CT molecular complexity index is 515. The fourth-order valence-corrected chi connectivity index (χ4v) is 1.69. The van der Waals surface area contributed by atoms with Crippen molar-refractivity contribution in [2.75, 3.05) is 0 Å². The van der Waals surface area contributed by atoms with Crippen LogP contribution in [0.15, 0.2) is 12.1 Å². The third kappa shape index (κ3) is 3.26. The number of ketones is 2. The molecular weight excluding hydrogens is 232 g/mol. The largest absolute Gasteiger partial charge is 0.481 e. The molecule has 0 aliphatic rings. The molecule has 0 aliphatic carbocycles. The molecule has 1 aromatic carbocycles. The van der Waals surface area contributed by atoms with E-state index in [1.165, 1.54) is 0 Å². The SMILES string of the molecule is Cc1cc(C)c(C(=O)C(=O)CCC(=O)O)cc1C. The van der Waals surface area contributed by atoms with Crippen LogP contribution in [0.2, 0.25) is 0 Å². The van der Waals surface area contributed by atoms with Gasteiger partial charge in [-0.2, -0.15) is 0 Å². The highest BCUT2D eigenvalue weighted by Gasteiger charge is 2.19. The molecule has 96 valence electrons. The molecule has 0 spiro atoms. The minimum atomic E-state index is -1.08. The quantitative estimate of drug-likeness (QED) is 0.640. The van der Waals surface area contributed by atoms with Crippen LogP contribution >= 0.6 is 0 Å². The fraction of sp³-hybridized carbons (Fsp3) is 0.357. The second-order valence-corrected chi connectivity index (χ2v) is 4.40. The highest BCUT2D eigenvalue weighted by atomic mass is 16.4. The predicted octanol–water partition coefficient (Wildman–Crippen LogP) is 2.23. The highest BCUT2D eigenvalue weighted by molar-refractivity contribution is 6.44. The summed E-state index contributed by atoms with van der Waals surface area (Å²) in [5.74, 6) is -2.33. The maximum absolute atomic E-state index is 11.9. The molecular formula is C14H16O4. The monoisotopic (exact) mass is 248 g/mol. The van der Waals surface area contributed by atoms with E-state index >= 15 is 0 Å². The van der Waals surface area contributed by atoms with Gasteiger partial charge in [-0.3, -0.25) is 14.4 Å². The molecule has 1 aromatic rings. The van der Waals surface area contributed by atoms with Gasteiger partial charge in [-0.1, -0.05) is 6.07 Å². The normalized spacial score (nSPS) is 10.2. The van der Waals surface area contributed by atoms with Crippen LogP contribution in [0, 0.1) is 20.8 Å². The standard InChI is InChI=1S/C14H16O4/c1-8-6-10(3)11(7-9(8)2)14(18)12(15)4-5-13(16)17/h6-7H,4-5H2,1-3H3,(H,16,17). The topological polar surface area (TPSA) is 71.4 Å². The molecule has 0 heterocycles. The third-order valence-corrected chi connectivity index (χ3v) is 2.90. The maximum Gasteiger partial charge on any atom is 0.303 e. The van der Waals surface area contributed by atoms with Gasteiger partial charge in [0, 0.05) is 12.0 Å². The van der Waals surface area contributed by atoms with E-state index in [4.69, 9.17) is 5.11 Å². The number of aryl methyl sites for hydroxylation is 3. The molecule has 1 N–H and O–H groups in total. The van der Waals surface area contributed by atoms with Gasteiger partial charge < -0.3 is 5.11 Å².